The molecule has 9 aromatic rings. The normalized spacial score (nSPS) is 11.4. The molecule has 48 heavy (non-hydrogen) atoms. The van der Waals surface area contributed by atoms with E-state index in [4.69, 9.17) is 26.6 Å². The molecule has 0 radical (unpaired) electrons. The van der Waals surface area contributed by atoms with Gasteiger partial charge in [0.15, 0.2) is 17.5 Å². The molecule has 0 unspecified atom stereocenters. The predicted molar refractivity (Wildman–Crippen MR) is 202 cm³/mol. The number of nitrogens with zero attached hydrogens (tertiary/aromatic N) is 3. The second kappa shape index (κ2) is 11.8. The molecule has 0 saturated carbocycles. The van der Waals surface area contributed by atoms with E-state index in [0.717, 1.165) is 33.4 Å². The maximum absolute atomic E-state index is 6.78. The van der Waals surface area contributed by atoms with Gasteiger partial charge < -0.3 is 0 Å². The van der Waals surface area contributed by atoms with Gasteiger partial charge in [-0.25, -0.2) is 15.0 Å². The first-order valence-corrected chi connectivity index (χ1v) is 17.0. The van der Waals surface area contributed by atoms with E-state index in [2.05, 4.69) is 103 Å². The topological polar surface area (TPSA) is 38.7 Å². The maximum Gasteiger partial charge on any atom is 0.164 e. The molecule has 0 bridgehead atoms. The van der Waals surface area contributed by atoms with Crippen molar-refractivity contribution in [3.05, 3.63) is 163 Å². The molecule has 2 heterocycles. The summed E-state index contributed by atoms with van der Waals surface area (Å²) >= 11 is 8.62. The monoisotopic (exact) mass is 651 g/mol. The number of aromatic nitrogens is 3. The summed E-state index contributed by atoms with van der Waals surface area (Å²) in [6, 6.07) is 54.4. The van der Waals surface area contributed by atoms with Crippen molar-refractivity contribution in [3.63, 3.8) is 0 Å². The molecule has 0 N–H and O–H groups in total. The van der Waals surface area contributed by atoms with Gasteiger partial charge in [-0.05, 0) is 63.4 Å². The summed E-state index contributed by atoms with van der Waals surface area (Å²) in [6.07, 6.45) is 0. The molecule has 3 nitrogen and oxygen atoms in total. The van der Waals surface area contributed by atoms with Crippen LogP contribution in [0.15, 0.2) is 158 Å². The van der Waals surface area contributed by atoms with Crippen molar-refractivity contribution in [2.75, 3.05) is 0 Å². The highest BCUT2D eigenvalue weighted by molar-refractivity contribution is 7.26. The van der Waals surface area contributed by atoms with Crippen LogP contribution in [0, 0.1) is 0 Å². The van der Waals surface area contributed by atoms with Crippen LogP contribution in [0.2, 0.25) is 5.02 Å². The number of benzene rings is 7. The number of hydrogen-bond acceptors (Lipinski definition) is 4. The summed E-state index contributed by atoms with van der Waals surface area (Å²) in [5, 5.41) is 5.52. The van der Waals surface area contributed by atoms with E-state index in [1.165, 1.54) is 36.5 Å². The largest absolute Gasteiger partial charge is 0.208 e. The van der Waals surface area contributed by atoms with Crippen LogP contribution in [0.1, 0.15) is 0 Å². The number of halogens is 1. The number of rotatable bonds is 5. The van der Waals surface area contributed by atoms with Gasteiger partial charge in [0.1, 0.15) is 0 Å². The van der Waals surface area contributed by atoms with Crippen LogP contribution in [0.25, 0.3) is 87.4 Å². The van der Waals surface area contributed by atoms with Crippen molar-refractivity contribution in [1.29, 1.82) is 0 Å². The first kappa shape index (κ1) is 28.5. The fourth-order valence-electron chi connectivity index (χ4n) is 6.49. The first-order chi connectivity index (χ1) is 23.7. The summed E-state index contributed by atoms with van der Waals surface area (Å²) in [5.41, 5.74) is 7.14. The Morgan fingerprint density at radius 1 is 0.417 bits per heavy atom. The molecule has 2 aromatic heterocycles. The van der Waals surface area contributed by atoms with Crippen molar-refractivity contribution < 1.29 is 0 Å². The van der Waals surface area contributed by atoms with E-state index in [1.54, 1.807) is 0 Å². The van der Waals surface area contributed by atoms with Crippen molar-refractivity contribution >= 4 is 53.9 Å². The molecule has 226 valence electrons. The molecule has 0 aliphatic rings. The van der Waals surface area contributed by atoms with Gasteiger partial charge in [-0.15, -0.1) is 11.3 Å². The average Bonchev–Trinajstić information content (AvgIpc) is 3.55. The second-order valence-corrected chi connectivity index (χ2v) is 13.2. The molecule has 7 aromatic carbocycles. The molecular formula is C43H26ClN3S. The number of fused-ring (bicyclic) bond motifs is 5. The fraction of sp³-hybridized carbons (Fsp3) is 0. The maximum atomic E-state index is 6.78. The van der Waals surface area contributed by atoms with Crippen LogP contribution in [-0.4, -0.2) is 15.0 Å². The summed E-state index contributed by atoms with van der Waals surface area (Å²) < 4.78 is 2.51. The Morgan fingerprint density at radius 2 is 0.979 bits per heavy atom. The highest BCUT2D eigenvalue weighted by Crippen LogP contribution is 2.46. The third-order valence-electron chi connectivity index (χ3n) is 8.80. The molecule has 0 aliphatic carbocycles. The quantitative estimate of drug-likeness (QED) is 0.186. The molecule has 0 atom stereocenters. The fourth-order valence-corrected chi connectivity index (χ4v) is 7.93. The van der Waals surface area contributed by atoms with Gasteiger partial charge in [0.05, 0.1) is 0 Å². The van der Waals surface area contributed by atoms with Crippen molar-refractivity contribution in [2.45, 2.75) is 0 Å². The number of hydrogen-bond donors (Lipinski definition) is 0. The smallest absolute Gasteiger partial charge is 0.164 e. The van der Waals surface area contributed by atoms with E-state index in [9.17, 15) is 0 Å². The zero-order valence-corrected chi connectivity index (χ0v) is 27.2. The lowest BCUT2D eigenvalue weighted by atomic mass is 9.92. The molecular weight excluding hydrogens is 626 g/mol. The highest BCUT2D eigenvalue weighted by Gasteiger charge is 2.20. The second-order valence-electron chi connectivity index (χ2n) is 11.8. The van der Waals surface area contributed by atoms with E-state index in [1.807, 2.05) is 65.9 Å². The Labute approximate surface area is 286 Å². The van der Waals surface area contributed by atoms with E-state index in [-0.39, 0.29) is 0 Å². The minimum Gasteiger partial charge on any atom is -0.208 e. The van der Waals surface area contributed by atoms with Gasteiger partial charge in [0.2, 0.25) is 0 Å². The molecule has 9 rings (SSSR count). The Kier molecular flexibility index (Phi) is 7.04. The minimum absolute atomic E-state index is 0.596. The van der Waals surface area contributed by atoms with Gasteiger partial charge in [0.25, 0.3) is 0 Å². The summed E-state index contributed by atoms with van der Waals surface area (Å²) in [5.74, 6) is 1.83. The Balaban J connectivity index is 1.29. The number of thiophene rings is 1. The Morgan fingerprint density at radius 3 is 1.73 bits per heavy atom. The van der Waals surface area contributed by atoms with Gasteiger partial charge in [-0.3, -0.25) is 0 Å². The van der Waals surface area contributed by atoms with Crippen LogP contribution < -0.4 is 0 Å². The zero-order valence-electron chi connectivity index (χ0n) is 25.6. The van der Waals surface area contributed by atoms with E-state index >= 15 is 0 Å². The van der Waals surface area contributed by atoms with Gasteiger partial charge in [0, 0.05) is 41.9 Å². The Hall–Kier alpha value is -5.68. The first-order valence-electron chi connectivity index (χ1n) is 15.8. The van der Waals surface area contributed by atoms with Crippen molar-refractivity contribution in [2.24, 2.45) is 0 Å². The van der Waals surface area contributed by atoms with Crippen LogP contribution >= 0.6 is 22.9 Å². The molecule has 0 spiro atoms. The van der Waals surface area contributed by atoms with Crippen LogP contribution in [0.3, 0.4) is 0 Å². The molecule has 5 heteroatoms. The van der Waals surface area contributed by atoms with Gasteiger partial charge >= 0.3 is 0 Å². The third-order valence-corrected chi connectivity index (χ3v) is 10.2. The lowest BCUT2D eigenvalue weighted by molar-refractivity contribution is 1.07. The lowest BCUT2D eigenvalue weighted by Crippen LogP contribution is -2.01. The third kappa shape index (κ3) is 5.03. The lowest BCUT2D eigenvalue weighted by Gasteiger charge is -2.15. The highest BCUT2D eigenvalue weighted by atomic mass is 35.5. The standard InChI is InChI=1S/C43H26ClN3S/c44-32-23-24-34(36(26-32)37-25-31-15-7-8-16-33(31)40-39(37)35-17-9-10-18-38(35)48-40)43-46-41(29-13-5-2-6-14-29)45-42(47-43)30-21-19-28(20-22-30)27-11-3-1-4-12-27/h1-26H. The van der Waals surface area contributed by atoms with Crippen LogP contribution in [-0.2, 0) is 0 Å². The SMILES string of the molecule is Clc1ccc(-c2nc(-c3ccccc3)nc(-c3ccc(-c4ccccc4)cc3)n2)c(-c2cc3ccccc3c3sc4ccccc4c23)c1. The minimum atomic E-state index is 0.596. The van der Waals surface area contributed by atoms with Crippen molar-refractivity contribution in [3.8, 4) is 56.4 Å². The summed E-state index contributed by atoms with van der Waals surface area (Å²) in [7, 11) is 0. The average molecular weight is 652 g/mol. The predicted octanol–water partition coefficient (Wildman–Crippen LogP) is 12.4. The molecule has 0 fully saturated rings. The summed E-state index contributed by atoms with van der Waals surface area (Å²) in [4.78, 5) is 15.3. The zero-order chi connectivity index (χ0) is 32.0. The molecule has 0 aliphatic heterocycles. The summed E-state index contributed by atoms with van der Waals surface area (Å²) in [6.45, 7) is 0. The van der Waals surface area contributed by atoms with Crippen LogP contribution in [0.5, 0.6) is 0 Å². The van der Waals surface area contributed by atoms with E-state index in [0.29, 0.717) is 22.5 Å². The van der Waals surface area contributed by atoms with E-state index < -0.39 is 0 Å². The van der Waals surface area contributed by atoms with Gasteiger partial charge in [-0.2, -0.15) is 0 Å². The molecule has 0 saturated heterocycles. The van der Waals surface area contributed by atoms with Crippen LogP contribution in [0.4, 0.5) is 0 Å². The Bertz CT molecular complexity index is 2610. The van der Waals surface area contributed by atoms with Crippen molar-refractivity contribution in [1.82, 2.24) is 15.0 Å². The van der Waals surface area contributed by atoms with Gasteiger partial charge in [-0.1, -0.05) is 139 Å². The molecule has 0 amide bonds.